The van der Waals surface area contributed by atoms with Crippen LogP contribution in [0.2, 0.25) is 0 Å². The molecule has 37 heavy (non-hydrogen) atoms. The summed E-state index contributed by atoms with van der Waals surface area (Å²) in [6.45, 7) is 2.03. The van der Waals surface area contributed by atoms with Gasteiger partial charge in [-0.15, -0.1) is 5.11 Å². The standard InChI is InChI=1S/C28H20N6O2S/c1-19-6-8-20(9-7-19)30-31-21-10-12-22(13-11-21)32-33-27-16-15-26(24-4-2-3-5-25(24)27)29-18-23-14-17-28(37-23)34(35)36/h2-18H,1H3. The third-order valence-corrected chi connectivity index (χ3v) is 6.41. The highest BCUT2D eigenvalue weighted by molar-refractivity contribution is 7.16. The normalized spacial score (nSPS) is 11.8. The van der Waals surface area contributed by atoms with Crippen molar-refractivity contribution >= 4 is 61.8 Å². The molecule has 0 atom stereocenters. The van der Waals surface area contributed by atoms with Gasteiger partial charge in [-0.25, -0.2) is 0 Å². The molecule has 5 aromatic rings. The average molecular weight is 505 g/mol. The molecule has 0 spiro atoms. The number of azo groups is 2. The lowest BCUT2D eigenvalue weighted by molar-refractivity contribution is -0.380. The van der Waals surface area contributed by atoms with Crippen LogP contribution < -0.4 is 0 Å². The molecule has 4 aromatic carbocycles. The Bertz CT molecular complexity index is 1660. The summed E-state index contributed by atoms with van der Waals surface area (Å²) in [6.07, 6.45) is 1.64. The van der Waals surface area contributed by atoms with Gasteiger partial charge in [0.25, 0.3) is 0 Å². The second-order valence-electron chi connectivity index (χ2n) is 8.09. The fourth-order valence-corrected chi connectivity index (χ4v) is 4.23. The van der Waals surface area contributed by atoms with Crippen LogP contribution in [0.25, 0.3) is 10.8 Å². The predicted octanol–water partition coefficient (Wildman–Crippen LogP) is 9.70. The van der Waals surface area contributed by atoms with Crippen molar-refractivity contribution in [3.05, 3.63) is 118 Å². The number of aryl methyl sites for hydroxylation is 1. The largest absolute Gasteiger partial charge is 0.324 e. The molecule has 0 amide bonds. The van der Waals surface area contributed by atoms with Crippen LogP contribution in [0.4, 0.5) is 33.4 Å². The highest BCUT2D eigenvalue weighted by Crippen LogP contribution is 2.35. The van der Waals surface area contributed by atoms with Crippen LogP contribution in [0.1, 0.15) is 10.4 Å². The van der Waals surface area contributed by atoms with Gasteiger partial charge >= 0.3 is 5.00 Å². The third-order valence-electron chi connectivity index (χ3n) is 5.44. The molecule has 0 saturated heterocycles. The molecular weight excluding hydrogens is 484 g/mol. The molecule has 0 N–H and O–H groups in total. The van der Waals surface area contributed by atoms with E-state index in [9.17, 15) is 10.1 Å². The number of nitro groups is 1. The van der Waals surface area contributed by atoms with Crippen LogP contribution in [-0.4, -0.2) is 11.1 Å². The quantitative estimate of drug-likeness (QED) is 0.0952. The van der Waals surface area contributed by atoms with E-state index in [1.807, 2.05) is 91.9 Å². The van der Waals surface area contributed by atoms with E-state index in [2.05, 4.69) is 25.4 Å². The second kappa shape index (κ2) is 10.8. The van der Waals surface area contributed by atoms with Crippen LogP contribution in [0.3, 0.4) is 0 Å². The Hall–Kier alpha value is -4.89. The number of rotatable bonds is 7. The van der Waals surface area contributed by atoms with Crippen molar-refractivity contribution in [2.75, 3.05) is 0 Å². The van der Waals surface area contributed by atoms with Gasteiger partial charge in [-0.05, 0) is 61.5 Å². The maximum Gasteiger partial charge on any atom is 0.324 e. The lowest BCUT2D eigenvalue weighted by atomic mass is 10.1. The average Bonchev–Trinajstić information content (AvgIpc) is 3.41. The number of hydrogen-bond acceptors (Lipinski definition) is 8. The van der Waals surface area contributed by atoms with E-state index < -0.39 is 4.92 Å². The summed E-state index contributed by atoms with van der Waals surface area (Å²) in [5.41, 5.74) is 4.85. The first-order valence-electron chi connectivity index (χ1n) is 11.4. The molecule has 0 aliphatic rings. The minimum absolute atomic E-state index is 0.0874. The smallest absolute Gasteiger partial charge is 0.258 e. The van der Waals surface area contributed by atoms with Crippen molar-refractivity contribution < 1.29 is 4.92 Å². The highest BCUT2D eigenvalue weighted by Gasteiger charge is 2.09. The molecule has 0 bridgehead atoms. The summed E-state index contributed by atoms with van der Waals surface area (Å²) in [4.78, 5) is 15.8. The minimum Gasteiger partial charge on any atom is -0.258 e. The lowest BCUT2D eigenvalue weighted by Gasteiger charge is -2.04. The first-order valence-corrected chi connectivity index (χ1v) is 12.2. The molecule has 0 aliphatic heterocycles. The number of thiophene rings is 1. The maximum absolute atomic E-state index is 10.9. The van der Waals surface area contributed by atoms with Gasteiger partial charge in [-0.2, -0.15) is 15.3 Å². The predicted molar refractivity (Wildman–Crippen MR) is 148 cm³/mol. The van der Waals surface area contributed by atoms with Crippen LogP contribution in [-0.2, 0) is 0 Å². The summed E-state index contributed by atoms with van der Waals surface area (Å²) >= 11 is 1.08. The van der Waals surface area contributed by atoms with Crippen molar-refractivity contribution in [2.45, 2.75) is 6.92 Å². The van der Waals surface area contributed by atoms with E-state index in [-0.39, 0.29) is 5.00 Å². The number of fused-ring (bicyclic) bond motifs is 1. The minimum atomic E-state index is -0.403. The van der Waals surface area contributed by atoms with Gasteiger partial charge in [-0.3, -0.25) is 15.1 Å². The summed E-state index contributed by atoms with van der Waals surface area (Å²) in [7, 11) is 0. The fraction of sp³-hybridized carbons (Fsp3) is 0.0357. The van der Waals surface area contributed by atoms with Crippen LogP contribution in [0.15, 0.2) is 123 Å². The first kappa shape index (κ1) is 23.8. The maximum atomic E-state index is 10.9. The zero-order valence-corrected chi connectivity index (χ0v) is 20.5. The van der Waals surface area contributed by atoms with Gasteiger partial charge in [0.15, 0.2) is 0 Å². The van der Waals surface area contributed by atoms with E-state index in [4.69, 9.17) is 0 Å². The Labute approximate surface area is 216 Å². The molecule has 8 nitrogen and oxygen atoms in total. The lowest BCUT2D eigenvalue weighted by Crippen LogP contribution is -1.80. The van der Waals surface area contributed by atoms with Crippen molar-refractivity contribution in [1.29, 1.82) is 0 Å². The number of hydrogen-bond donors (Lipinski definition) is 0. The molecule has 1 aromatic heterocycles. The van der Waals surface area contributed by atoms with Gasteiger partial charge in [0.05, 0.1) is 38.2 Å². The highest BCUT2D eigenvalue weighted by atomic mass is 32.1. The summed E-state index contributed by atoms with van der Waals surface area (Å²) in [6, 6.07) is 29.9. The van der Waals surface area contributed by atoms with Gasteiger partial charge in [0.1, 0.15) is 0 Å². The second-order valence-corrected chi connectivity index (χ2v) is 9.19. The molecule has 0 aliphatic carbocycles. The Morgan fingerprint density at radius 2 is 1.22 bits per heavy atom. The Balaban J connectivity index is 1.34. The van der Waals surface area contributed by atoms with Crippen molar-refractivity contribution in [1.82, 2.24) is 0 Å². The van der Waals surface area contributed by atoms with E-state index in [1.165, 1.54) is 11.6 Å². The number of aliphatic imine (C=N–C) groups is 1. The Kier molecular flexibility index (Phi) is 6.95. The zero-order valence-electron chi connectivity index (χ0n) is 19.7. The number of nitrogens with zero attached hydrogens (tertiary/aromatic N) is 6. The molecule has 180 valence electrons. The first-order chi connectivity index (χ1) is 18.0. The van der Waals surface area contributed by atoms with Gasteiger partial charge in [0, 0.05) is 23.1 Å². The molecule has 0 saturated carbocycles. The molecule has 5 rings (SSSR count). The molecule has 0 unspecified atom stereocenters. The van der Waals surface area contributed by atoms with Gasteiger partial charge in [0.2, 0.25) is 0 Å². The molecule has 9 heteroatoms. The monoisotopic (exact) mass is 504 g/mol. The fourth-order valence-electron chi connectivity index (χ4n) is 3.53. The SMILES string of the molecule is Cc1ccc(N=Nc2ccc(N=Nc3ccc(N=Cc4ccc([N+](=O)[O-])s4)c4ccccc34)cc2)cc1. The van der Waals surface area contributed by atoms with E-state index in [0.29, 0.717) is 16.3 Å². The van der Waals surface area contributed by atoms with Gasteiger partial charge in [-0.1, -0.05) is 53.3 Å². The van der Waals surface area contributed by atoms with Crippen LogP contribution in [0, 0.1) is 17.0 Å². The number of benzene rings is 4. The Morgan fingerprint density at radius 1 is 0.676 bits per heavy atom. The van der Waals surface area contributed by atoms with E-state index in [1.54, 1.807) is 12.3 Å². The molecular formula is C28H20N6O2S. The van der Waals surface area contributed by atoms with E-state index in [0.717, 1.165) is 39.2 Å². The summed E-state index contributed by atoms with van der Waals surface area (Å²) in [5, 5.41) is 30.2. The van der Waals surface area contributed by atoms with Crippen molar-refractivity contribution in [3.63, 3.8) is 0 Å². The molecule has 1 heterocycles. The van der Waals surface area contributed by atoms with Crippen LogP contribution >= 0.6 is 11.3 Å². The summed E-state index contributed by atoms with van der Waals surface area (Å²) < 4.78 is 0. The van der Waals surface area contributed by atoms with E-state index >= 15 is 0 Å². The van der Waals surface area contributed by atoms with Crippen molar-refractivity contribution in [3.8, 4) is 0 Å². The zero-order chi connectivity index (χ0) is 25.6. The topological polar surface area (TPSA) is 105 Å². The van der Waals surface area contributed by atoms with Crippen LogP contribution in [0.5, 0.6) is 0 Å². The van der Waals surface area contributed by atoms with Crippen molar-refractivity contribution in [2.24, 2.45) is 25.4 Å². The molecule has 0 fully saturated rings. The Morgan fingerprint density at radius 3 is 1.81 bits per heavy atom. The third kappa shape index (κ3) is 5.85. The van der Waals surface area contributed by atoms with Gasteiger partial charge < -0.3 is 0 Å². The molecule has 0 radical (unpaired) electrons. The summed E-state index contributed by atoms with van der Waals surface area (Å²) in [5.74, 6) is 0.